The number of nitrogens with one attached hydrogen (secondary N) is 1. The summed E-state index contributed by atoms with van der Waals surface area (Å²) in [5.74, 6) is 5.48. The number of carbonyl (C=O) groups excluding carboxylic acids is 1. The lowest BCUT2D eigenvalue weighted by Crippen LogP contribution is -2.47. The molecule has 19 heavy (non-hydrogen) atoms. The molecule has 1 unspecified atom stereocenters. The van der Waals surface area contributed by atoms with Crippen molar-refractivity contribution in [2.45, 2.75) is 18.9 Å². The molecular weight excluding hydrogens is 240 g/mol. The fourth-order valence-electron chi connectivity index (χ4n) is 2.61. The van der Waals surface area contributed by atoms with Gasteiger partial charge in [0.1, 0.15) is 0 Å². The van der Waals surface area contributed by atoms with Crippen LogP contribution < -0.4 is 11.3 Å². The summed E-state index contributed by atoms with van der Waals surface area (Å²) in [4.78, 5) is 16.7. The van der Waals surface area contributed by atoms with Crippen molar-refractivity contribution in [3.63, 3.8) is 0 Å². The zero-order chi connectivity index (χ0) is 13.8. The fourth-order valence-corrected chi connectivity index (χ4v) is 2.61. The smallest absolute Gasteiger partial charge is 0.256 e. The van der Waals surface area contributed by atoms with Gasteiger partial charge in [-0.05, 0) is 38.6 Å². The molecule has 1 heterocycles. The topological polar surface area (TPSA) is 61.6 Å². The number of hydrogen-bond acceptors (Lipinski definition) is 4. The number of rotatable bonds is 3. The molecule has 0 saturated carbocycles. The fraction of sp³-hybridized carbons (Fsp3) is 0.500. The molecule has 1 aliphatic rings. The van der Waals surface area contributed by atoms with Gasteiger partial charge in [-0.2, -0.15) is 0 Å². The van der Waals surface area contributed by atoms with Crippen LogP contribution in [0.5, 0.6) is 0 Å². The van der Waals surface area contributed by atoms with Gasteiger partial charge < -0.3 is 15.2 Å². The summed E-state index contributed by atoms with van der Waals surface area (Å²) in [6.45, 7) is 2.04. The molecule has 1 atom stereocenters. The van der Waals surface area contributed by atoms with Crippen LogP contribution in [0.2, 0.25) is 0 Å². The van der Waals surface area contributed by atoms with E-state index in [0.29, 0.717) is 11.3 Å². The average molecular weight is 262 g/mol. The summed E-state index contributed by atoms with van der Waals surface area (Å²) in [6.07, 6.45) is 2.19. The van der Waals surface area contributed by atoms with Crippen LogP contribution in [0.4, 0.5) is 5.69 Å². The minimum absolute atomic E-state index is 0.0221. The zero-order valence-electron chi connectivity index (χ0n) is 11.6. The predicted molar refractivity (Wildman–Crippen MR) is 76.9 cm³/mol. The van der Waals surface area contributed by atoms with Crippen LogP contribution in [0, 0.1) is 0 Å². The molecule has 0 spiro atoms. The molecule has 5 heteroatoms. The third-order valence-electron chi connectivity index (χ3n) is 3.78. The minimum atomic E-state index is 0.0221. The summed E-state index contributed by atoms with van der Waals surface area (Å²) in [6, 6.07) is 7.61. The Morgan fingerprint density at radius 2 is 2.21 bits per heavy atom. The van der Waals surface area contributed by atoms with Crippen molar-refractivity contribution in [1.29, 1.82) is 0 Å². The molecule has 1 aromatic carbocycles. The lowest BCUT2D eigenvalue weighted by molar-refractivity contribution is 0.0645. The Morgan fingerprint density at radius 1 is 1.47 bits per heavy atom. The summed E-state index contributed by atoms with van der Waals surface area (Å²) in [7, 11) is 3.97. The second kappa shape index (κ2) is 6.04. The Labute approximate surface area is 114 Å². The number of amides is 1. The molecule has 1 aromatic rings. The highest BCUT2D eigenvalue weighted by Crippen LogP contribution is 2.20. The molecule has 0 aliphatic carbocycles. The highest BCUT2D eigenvalue weighted by Gasteiger charge is 2.26. The van der Waals surface area contributed by atoms with E-state index in [4.69, 9.17) is 5.84 Å². The third-order valence-corrected chi connectivity index (χ3v) is 3.78. The Balaban J connectivity index is 2.14. The normalized spacial score (nSPS) is 20.1. The van der Waals surface area contributed by atoms with Crippen molar-refractivity contribution in [1.82, 2.24) is 9.80 Å². The maximum Gasteiger partial charge on any atom is 0.256 e. The van der Waals surface area contributed by atoms with E-state index in [1.165, 1.54) is 0 Å². The van der Waals surface area contributed by atoms with E-state index in [1.54, 1.807) is 6.07 Å². The SMILES string of the molecule is CN1CCCC(N(C)C(=O)c2ccccc2NN)C1. The second-order valence-corrected chi connectivity index (χ2v) is 5.16. The number of likely N-dealkylation sites (tertiary alicyclic amines) is 1. The molecule has 1 fully saturated rings. The van der Waals surface area contributed by atoms with Gasteiger partial charge in [0.25, 0.3) is 5.91 Å². The first-order chi connectivity index (χ1) is 9.13. The van der Waals surface area contributed by atoms with Crippen LogP contribution in [0.15, 0.2) is 24.3 Å². The van der Waals surface area contributed by atoms with E-state index in [0.717, 1.165) is 25.9 Å². The molecule has 5 nitrogen and oxygen atoms in total. The molecule has 0 bridgehead atoms. The number of hydrazine groups is 1. The van der Waals surface area contributed by atoms with Crippen molar-refractivity contribution < 1.29 is 4.79 Å². The van der Waals surface area contributed by atoms with E-state index >= 15 is 0 Å². The van der Waals surface area contributed by atoms with Gasteiger partial charge in [0, 0.05) is 19.6 Å². The van der Waals surface area contributed by atoms with Crippen LogP contribution in [0.3, 0.4) is 0 Å². The highest BCUT2D eigenvalue weighted by atomic mass is 16.2. The molecule has 1 aliphatic heterocycles. The lowest BCUT2D eigenvalue weighted by Gasteiger charge is -2.36. The lowest BCUT2D eigenvalue weighted by atomic mass is 10.0. The van der Waals surface area contributed by atoms with E-state index < -0.39 is 0 Å². The van der Waals surface area contributed by atoms with Gasteiger partial charge in [0.2, 0.25) is 0 Å². The summed E-state index contributed by atoms with van der Waals surface area (Å²) in [5, 5.41) is 0. The second-order valence-electron chi connectivity index (χ2n) is 5.16. The number of para-hydroxylation sites is 1. The van der Waals surface area contributed by atoms with Gasteiger partial charge in [0.05, 0.1) is 11.3 Å². The number of nitrogen functional groups attached to an aromatic ring is 1. The first-order valence-electron chi connectivity index (χ1n) is 6.65. The van der Waals surface area contributed by atoms with Crippen molar-refractivity contribution in [3.05, 3.63) is 29.8 Å². The average Bonchev–Trinajstić information content (AvgIpc) is 2.45. The highest BCUT2D eigenvalue weighted by molar-refractivity contribution is 5.99. The Bertz CT molecular complexity index is 449. The van der Waals surface area contributed by atoms with Crippen LogP contribution >= 0.6 is 0 Å². The largest absolute Gasteiger partial charge is 0.337 e. The first kappa shape index (κ1) is 13.8. The molecule has 3 N–H and O–H groups in total. The van der Waals surface area contributed by atoms with Gasteiger partial charge in [-0.3, -0.25) is 10.6 Å². The maximum absolute atomic E-state index is 12.5. The summed E-state index contributed by atoms with van der Waals surface area (Å²) in [5.41, 5.74) is 3.88. The van der Waals surface area contributed by atoms with Gasteiger partial charge in [0.15, 0.2) is 0 Å². The van der Waals surface area contributed by atoms with Crippen LogP contribution in [-0.4, -0.2) is 48.9 Å². The minimum Gasteiger partial charge on any atom is -0.337 e. The van der Waals surface area contributed by atoms with Crippen molar-refractivity contribution in [3.8, 4) is 0 Å². The molecule has 1 saturated heterocycles. The van der Waals surface area contributed by atoms with Gasteiger partial charge in [-0.1, -0.05) is 12.1 Å². The zero-order valence-corrected chi connectivity index (χ0v) is 11.6. The van der Waals surface area contributed by atoms with Crippen molar-refractivity contribution in [2.75, 3.05) is 32.6 Å². The van der Waals surface area contributed by atoms with E-state index in [1.807, 2.05) is 30.1 Å². The Morgan fingerprint density at radius 3 is 2.89 bits per heavy atom. The quantitative estimate of drug-likeness (QED) is 0.633. The summed E-state index contributed by atoms with van der Waals surface area (Å²) < 4.78 is 0. The summed E-state index contributed by atoms with van der Waals surface area (Å²) >= 11 is 0. The first-order valence-corrected chi connectivity index (χ1v) is 6.65. The number of likely N-dealkylation sites (N-methyl/N-ethyl adjacent to an activating group) is 2. The number of hydrogen-bond donors (Lipinski definition) is 2. The number of piperidine rings is 1. The molecule has 2 rings (SSSR count). The number of nitrogens with two attached hydrogens (primary N) is 1. The Kier molecular flexibility index (Phi) is 4.39. The molecule has 0 aromatic heterocycles. The van der Waals surface area contributed by atoms with Gasteiger partial charge in [-0.15, -0.1) is 0 Å². The molecule has 104 valence electrons. The third kappa shape index (κ3) is 3.05. The number of anilines is 1. The van der Waals surface area contributed by atoms with E-state index in [2.05, 4.69) is 17.4 Å². The van der Waals surface area contributed by atoms with Crippen molar-refractivity contribution >= 4 is 11.6 Å². The monoisotopic (exact) mass is 262 g/mol. The predicted octanol–water partition coefficient (Wildman–Crippen LogP) is 1.14. The molecular formula is C14H22N4O. The maximum atomic E-state index is 12.5. The van der Waals surface area contributed by atoms with Crippen LogP contribution in [0.1, 0.15) is 23.2 Å². The van der Waals surface area contributed by atoms with E-state index in [9.17, 15) is 4.79 Å². The van der Waals surface area contributed by atoms with Crippen LogP contribution in [0.25, 0.3) is 0 Å². The van der Waals surface area contributed by atoms with Crippen LogP contribution in [-0.2, 0) is 0 Å². The molecule has 0 radical (unpaired) electrons. The standard InChI is InChI=1S/C14H22N4O/c1-17-9-5-6-11(10-17)18(2)14(19)12-7-3-4-8-13(12)16-15/h3-4,7-8,11,16H,5-6,9-10,15H2,1-2H3. The van der Waals surface area contributed by atoms with Gasteiger partial charge >= 0.3 is 0 Å². The van der Waals surface area contributed by atoms with Gasteiger partial charge in [-0.25, -0.2) is 0 Å². The van der Waals surface area contributed by atoms with Crippen molar-refractivity contribution in [2.24, 2.45) is 5.84 Å². The number of carbonyl (C=O) groups is 1. The molecule has 1 amide bonds. The number of benzene rings is 1. The Hall–Kier alpha value is -1.59. The number of nitrogens with zero attached hydrogens (tertiary/aromatic N) is 2. The van der Waals surface area contributed by atoms with E-state index in [-0.39, 0.29) is 11.9 Å².